The Balaban J connectivity index is 1.45. The predicted molar refractivity (Wildman–Crippen MR) is 98.1 cm³/mol. The van der Waals surface area contributed by atoms with Crippen LogP contribution in [0.5, 0.6) is 0 Å². The van der Waals surface area contributed by atoms with Crippen molar-refractivity contribution in [2.24, 2.45) is 17.3 Å². The van der Waals surface area contributed by atoms with Gasteiger partial charge in [0.05, 0.1) is 6.61 Å². The van der Waals surface area contributed by atoms with Gasteiger partial charge in [-0.15, -0.1) is 0 Å². The van der Waals surface area contributed by atoms with E-state index in [0.717, 1.165) is 52.0 Å². The van der Waals surface area contributed by atoms with Crippen molar-refractivity contribution in [2.75, 3.05) is 32.8 Å². The van der Waals surface area contributed by atoms with E-state index in [-0.39, 0.29) is 17.9 Å². The molecule has 3 fully saturated rings. The third kappa shape index (κ3) is 3.22. The lowest BCUT2D eigenvalue weighted by atomic mass is 9.74. The number of carbonyl (C=O) groups excluding carboxylic acids is 1. The van der Waals surface area contributed by atoms with Crippen LogP contribution in [0.1, 0.15) is 36.0 Å². The number of fused-ring (bicyclic) bond motifs is 1. The van der Waals surface area contributed by atoms with Crippen LogP contribution in [0.3, 0.4) is 0 Å². The van der Waals surface area contributed by atoms with Crippen molar-refractivity contribution in [3.63, 3.8) is 0 Å². The highest BCUT2D eigenvalue weighted by Gasteiger charge is 2.51. The Labute approximate surface area is 150 Å². The van der Waals surface area contributed by atoms with E-state index in [0.29, 0.717) is 11.8 Å². The van der Waals surface area contributed by atoms with Crippen LogP contribution < -0.4 is 0 Å². The van der Waals surface area contributed by atoms with E-state index in [2.05, 4.69) is 41.8 Å². The van der Waals surface area contributed by atoms with Gasteiger partial charge in [-0.2, -0.15) is 0 Å². The molecular formula is C21H30N2O2. The summed E-state index contributed by atoms with van der Waals surface area (Å²) in [5.41, 5.74) is 3.90. The average molecular weight is 342 g/mol. The van der Waals surface area contributed by atoms with Gasteiger partial charge in [-0.3, -0.25) is 9.69 Å². The van der Waals surface area contributed by atoms with E-state index in [1.54, 1.807) is 0 Å². The predicted octanol–water partition coefficient (Wildman–Crippen LogP) is 2.36. The Morgan fingerprint density at radius 2 is 2.00 bits per heavy atom. The summed E-state index contributed by atoms with van der Waals surface area (Å²) in [6.07, 6.45) is 3.20. The molecule has 1 N–H and O–H groups in total. The summed E-state index contributed by atoms with van der Waals surface area (Å²) >= 11 is 0. The van der Waals surface area contributed by atoms with Gasteiger partial charge in [0.1, 0.15) is 0 Å². The monoisotopic (exact) mass is 342 g/mol. The highest BCUT2D eigenvalue weighted by Crippen LogP contribution is 2.44. The highest BCUT2D eigenvalue weighted by atomic mass is 16.3. The van der Waals surface area contributed by atoms with Gasteiger partial charge in [-0.05, 0) is 62.3 Å². The van der Waals surface area contributed by atoms with E-state index in [9.17, 15) is 9.90 Å². The molecule has 2 heterocycles. The fourth-order valence-corrected chi connectivity index (χ4v) is 4.75. The second kappa shape index (κ2) is 6.40. The van der Waals surface area contributed by atoms with Crippen LogP contribution in [0.4, 0.5) is 0 Å². The summed E-state index contributed by atoms with van der Waals surface area (Å²) in [4.78, 5) is 17.0. The minimum atomic E-state index is -0.122. The normalized spacial score (nSPS) is 29.7. The number of hydrogen-bond donors (Lipinski definition) is 1. The molecule has 0 spiro atoms. The molecule has 0 bridgehead atoms. The molecule has 1 aromatic carbocycles. The lowest BCUT2D eigenvalue weighted by molar-refractivity contribution is -0.132. The Hall–Kier alpha value is -1.39. The lowest BCUT2D eigenvalue weighted by Gasteiger charge is -2.43. The zero-order valence-corrected chi connectivity index (χ0v) is 15.5. The van der Waals surface area contributed by atoms with E-state index in [1.165, 1.54) is 16.7 Å². The van der Waals surface area contributed by atoms with Gasteiger partial charge >= 0.3 is 0 Å². The standard InChI is InChI=1S/C21H30N2O2/c1-15-3-4-17(9-16(15)2)10-22-8-7-19-11-23(20(25)18-5-6-18)13-21(19,12-22)14-24/h3-4,9,18-19,24H,5-8,10-14H2,1-2H3/t19-,21+/m0/s1. The molecule has 4 heteroatoms. The maximum Gasteiger partial charge on any atom is 0.225 e. The molecule has 0 radical (unpaired) electrons. The SMILES string of the molecule is Cc1ccc(CN2CC[C@H]3CN(C(=O)C4CC4)C[C@@]3(CO)C2)cc1C. The first kappa shape index (κ1) is 17.0. The highest BCUT2D eigenvalue weighted by molar-refractivity contribution is 5.81. The van der Waals surface area contributed by atoms with Crippen molar-refractivity contribution in [3.05, 3.63) is 34.9 Å². The summed E-state index contributed by atoms with van der Waals surface area (Å²) in [5.74, 6) is 1.07. The molecule has 4 rings (SSSR count). The van der Waals surface area contributed by atoms with Crippen LogP contribution in [0.15, 0.2) is 18.2 Å². The molecule has 1 aromatic rings. The fraction of sp³-hybridized carbons (Fsp3) is 0.667. The number of piperidine rings is 1. The molecule has 2 aliphatic heterocycles. The molecule has 1 amide bonds. The quantitative estimate of drug-likeness (QED) is 0.913. The summed E-state index contributed by atoms with van der Waals surface area (Å²) in [7, 11) is 0. The summed E-state index contributed by atoms with van der Waals surface area (Å²) in [6, 6.07) is 6.70. The van der Waals surface area contributed by atoms with E-state index >= 15 is 0 Å². The van der Waals surface area contributed by atoms with Crippen LogP contribution in [-0.2, 0) is 11.3 Å². The summed E-state index contributed by atoms with van der Waals surface area (Å²) in [6.45, 7) is 9.00. The first-order chi connectivity index (χ1) is 12.0. The van der Waals surface area contributed by atoms with Gasteiger partial charge < -0.3 is 10.0 Å². The molecule has 25 heavy (non-hydrogen) atoms. The maximum atomic E-state index is 12.5. The Bertz CT molecular complexity index is 670. The molecule has 2 saturated heterocycles. The van der Waals surface area contributed by atoms with E-state index < -0.39 is 0 Å². The average Bonchev–Trinajstić information content (AvgIpc) is 3.38. The molecular weight excluding hydrogens is 312 g/mol. The molecule has 3 aliphatic rings. The van der Waals surface area contributed by atoms with Crippen molar-refractivity contribution in [3.8, 4) is 0 Å². The van der Waals surface area contributed by atoms with Crippen molar-refractivity contribution in [1.82, 2.24) is 9.80 Å². The van der Waals surface area contributed by atoms with Crippen molar-refractivity contribution in [2.45, 2.75) is 39.7 Å². The Morgan fingerprint density at radius 3 is 2.68 bits per heavy atom. The Morgan fingerprint density at radius 1 is 1.20 bits per heavy atom. The van der Waals surface area contributed by atoms with E-state index in [4.69, 9.17) is 0 Å². The number of nitrogens with zero attached hydrogens (tertiary/aromatic N) is 2. The number of hydrogen-bond acceptors (Lipinski definition) is 3. The van der Waals surface area contributed by atoms with Crippen LogP contribution in [0, 0.1) is 31.1 Å². The summed E-state index contributed by atoms with van der Waals surface area (Å²) in [5, 5.41) is 10.2. The first-order valence-corrected chi connectivity index (χ1v) is 9.69. The molecule has 1 aliphatic carbocycles. The Kier molecular flexibility index (Phi) is 4.37. The number of likely N-dealkylation sites (tertiary alicyclic amines) is 2. The number of amides is 1. The smallest absolute Gasteiger partial charge is 0.225 e. The second-order valence-electron chi connectivity index (χ2n) is 8.63. The number of aliphatic hydroxyl groups excluding tert-OH is 1. The third-order valence-corrected chi connectivity index (χ3v) is 6.68. The molecule has 136 valence electrons. The van der Waals surface area contributed by atoms with Gasteiger partial charge in [0, 0.05) is 37.5 Å². The zero-order chi connectivity index (χ0) is 17.6. The van der Waals surface area contributed by atoms with E-state index in [1.807, 2.05) is 0 Å². The van der Waals surface area contributed by atoms with Crippen LogP contribution >= 0.6 is 0 Å². The zero-order valence-electron chi connectivity index (χ0n) is 15.5. The van der Waals surface area contributed by atoms with Crippen molar-refractivity contribution >= 4 is 5.91 Å². The largest absolute Gasteiger partial charge is 0.396 e. The lowest BCUT2D eigenvalue weighted by Crippen LogP contribution is -2.50. The number of carbonyl (C=O) groups is 1. The van der Waals surface area contributed by atoms with Crippen LogP contribution in [0.2, 0.25) is 0 Å². The number of aliphatic hydroxyl groups is 1. The molecule has 2 atom stereocenters. The van der Waals surface area contributed by atoms with Crippen molar-refractivity contribution in [1.29, 1.82) is 0 Å². The number of aryl methyl sites for hydroxylation is 2. The maximum absolute atomic E-state index is 12.5. The topological polar surface area (TPSA) is 43.8 Å². The van der Waals surface area contributed by atoms with Crippen LogP contribution in [0.25, 0.3) is 0 Å². The molecule has 1 saturated carbocycles. The minimum absolute atomic E-state index is 0.122. The summed E-state index contributed by atoms with van der Waals surface area (Å²) < 4.78 is 0. The number of benzene rings is 1. The van der Waals surface area contributed by atoms with Crippen molar-refractivity contribution < 1.29 is 9.90 Å². The van der Waals surface area contributed by atoms with Gasteiger partial charge in [-0.1, -0.05) is 18.2 Å². The van der Waals surface area contributed by atoms with Gasteiger partial charge in [0.15, 0.2) is 0 Å². The van der Waals surface area contributed by atoms with Gasteiger partial charge in [0.25, 0.3) is 0 Å². The number of rotatable bonds is 4. The van der Waals surface area contributed by atoms with Crippen LogP contribution in [-0.4, -0.2) is 53.6 Å². The fourth-order valence-electron chi connectivity index (χ4n) is 4.75. The van der Waals surface area contributed by atoms with Gasteiger partial charge in [-0.25, -0.2) is 0 Å². The second-order valence-corrected chi connectivity index (χ2v) is 8.63. The molecule has 0 unspecified atom stereocenters. The first-order valence-electron chi connectivity index (χ1n) is 9.69. The molecule has 4 nitrogen and oxygen atoms in total. The molecule has 0 aromatic heterocycles. The third-order valence-electron chi connectivity index (χ3n) is 6.68. The van der Waals surface area contributed by atoms with Gasteiger partial charge in [0.2, 0.25) is 5.91 Å². The minimum Gasteiger partial charge on any atom is -0.396 e.